The summed E-state index contributed by atoms with van der Waals surface area (Å²) in [5.74, 6) is -1.03. The van der Waals surface area contributed by atoms with E-state index in [0.29, 0.717) is 12.2 Å². The monoisotopic (exact) mass is 491 g/mol. The third kappa shape index (κ3) is 7.02. The van der Waals surface area contributed by atoms with Gasteiger partial charge >= 0.3 is 0 Å². The van der Waals surface area contributed by atoms with Crippen molar-refractivity contribution < 1.29 is 18.9 Å². The van der Waals surface area contributed by atoms with Crippen LogP contribution in [-0.4, -0.2) is 33.5 Å². The molecule has 188 valence electrons. The second-order valence-corrected chi connectivity index (χ2v) is 8.26. The number of carbonyl (C=O) groups is 3. The first-order chi connectivity index (χ1) is 17.3. The van der Waals surface area contributed by atoms with E-state index in [1.807, 2.05) is 30.3 Å². The van der Waals surface area contributed by atoms with Gasteiger partial charge in [0.15, 0.2) is 5.69 Å². The summed E-state index contributed by atoms with van der Waals surface area (Å²) < 4.78 is 6.21. The van der Waals surface area contributed by atoms with Gasteiger partial charge in [-0.2, -0.15) is 0 Å². The number of pyridine rings is 1. The van der Waals surface area contributed by atoms with Gasteiger partial charge in [-0.1, -0.05) is 47.6 Å². The highest BCUT2D eigenvalue weighted by atomic mass is 16.5. The van der Waals surface area contributed by atoms with Crippen molar-refractivity contribution in [1.82, 2.24) is 15.0 Å². The molecule has 0 spiro atoms. The molecule has 3 rings (SSSR count). The number of benzene rings is 1. The lowest BCUT2D eigenvalue weighted by Gasteiger charge is -2.23. The van der Waals surface area contributed by atoms with E-state index in [-0.39, 0.29) is 24.2 Å². The molecule has 2 atom stereocenters. The molecule has 0 saturated carbocycles. The van der Waals surface area contributed by atoms with Gasteiger partial charge in [0.1, 0.15) is 17.5 Å². The van der Waals surface area contributed by atoms with Crippen LogP contribution in [-0.2, 0) is 16.0 Å². The smallest absolute Gasteiger partial charge is 0.278 e. The van der Waals surface area contributed by atoms with Gasteiger partial charge < -0.3 is 25.5 Å². The molecule has 0 aliphatic carbocycles. The molecule has 0 unspecified atom stereocenters. The Bertz CT molecular complexity index is 1300. The fraction of sp³-hybridized carbons (Fsp3) is 0.269. The number of aromatic nitrogens is 2. The SMILES string of the molecule is C/C=C/[C@H](CCC(N)=O)NC(=O)[C@H](Cc1ccccc1)n1cccc(NC(=O)c2cc(C)on2)c1=O. The molecule has 10 heteroatoms. The highest BCUT2D eigenvalue weighted by molar-refractivity contribution is 6.02. The lowest BCUT2D eigenvalue weighted by molar-refractivity contribution is -0.125. The Morgan fingerprint density at radius 2 is 1.92 bits per heavy atom. The maximum atomic E-state index is 13.5. The molecule has 0 fully saturated rings. The number of nitrogens with zero attached hydrogens (tertiary/aromatic N) is 2. The van der Waals surface area contributed by atoms with E-state index in [0.717, 1.165) is 5.56 Å². The van der Waals surface area contributed by atoms with Crippen molar-refractivity contribution >= 4 is 23.4 Å². The van der Waals surface area contributed by atoms with Crippen molar-refractivity contribution in [2.24, 2.45) is 5.73 Å². The van der Waals surface area contributed by atoms with Gasteiger partial charge in [0.25, 0.3) is 11.5 Å². The van der Waals surface area contributed by atoms with Crippen LogP contribution in [0.1, 0.15) is 47.6 Å². The fourth-order valence-corrected chi connectivity index (χ4v) is 3.69. The normalized spacial score (nSPS) is 12.7. The minimum Gasteiger partial charge on any atom is -0.370 e. The van der Waals surface area contributed by atoms with Gasteiger partial charge in [-0.3, -0.25) is 19.2 Å². The zero-order valence-corrected chi connectivity index (χ0v) is 20.1. The van der Waals surface area contributed by atoms with Crippen molar-refractivity contribution in [3.8, 4) is 0 Å². The fourth-order valence-electron chi connectivity index (χ4n) is 3.69. The Labute approximate surface area is 208 Å². The van der Waals surface area contributed by atoms with Gasteiger partial charge in [-0.15, -0.1) is 0 Å². The van der Waals surface area contributed by atoms with Crippen LogP contribution in [0.4, 0.5) is 5.69 Å². The molecule has 4 N–H and O–H groups in total. The minimum atomic E-state index is -0.924. The van der Waals surface area contributed by atoms with Gasteiger partial charge in [-0.05, 0) is 38.0 Å². The van der Waals surface area contributed by atoms with Crippen LogP contribution in [0.3, 0.4) is 0 Å². The van der Waals surface area contributed by atoms with Crippen molar-refractivity contribution in [3.05, 3.63) is 94.3 Å². The van der Waals surface area contributed by atoms with Crippen molar-refractivity contribution in [2.45, 2.75) is 45.2 Å². The van der Waals surface area contributed by atoms with E-state index in [1.54, 1.807) is 32.1 Å². The predicted octanol–water partition coefficient (Wildman–Crippen LogP) is 2.51. The second kappa shape index (κ2) is 12.3. The minimum absolute atomic E-state index is 0.00672. The van der Waals surface area contributed by atoms with Gasteiger partial charge in [-0.25, -0.2) is 0 Å². The molecule has 36 heavy (non-hydrogen) atoms. The lowest BCUT2D eigenvalue weighted by atomic mass is 10.0. The summed E-state index contributed by atoms with van der Waals surface area (Å²) in [7, 11) is 0. The number of anilines is 1. The standard InChI is InChI=1S/C26H29N5O5/c1-3-8-19(12-13-23(27)32)28-25(34)22(16-18-9-5-4-6-10-18)31-14-7-11-20(26(31)35)29-24(33)21-15-17(2)36-30-21/h3-11,14-15,19,22H,12-13,16H2,1-2H3,(H2,27,32)(H,28,34)(H,29,33)/b8-3+/t19-,22+/m1/s1. The first kappa shape index (κ1) is 26.1. The Morgan fingerprint density at radius 1 is 1.17 bits per heavy atom. The van der Waals surface area contributed by atoms with Crippen molar-refractivity contribution in [3.63, 3.8) is 0 Å². The van der Waals surface area contributed by atoms with E-state index in [9.17, 15) is 19.2 Å². The molecule has 2 aromatic heterocycles. The average Bonchev–Trinajstić information content (AvgIpc) is 3.29. The number of carbonyl (C=O) groups excluding carboxylic acids is 3. The number of primary amides is 1. The van der Waals surface area contributed by atoms with Crippen LogP contribution in [0.5, 0.6) is 0 Å². The Hall–Kier alpha value is -4.47. The van der Waals surface area contributed by atoms with Gasteiger partial charge in [0.2, 0.25) is 11.8 Å². The van der Waals surface area contributed by atoms with Crippen LogP contribution < -0.4 is 21.9 Å². The number of hydrogen-bond acceptors (Lipinski definition) is 6. The molecule has 0 aliphatic rings. The van der Waals surface area contributed by atoms with E-state index >= 15 is 0 Å². The van der Waals surface area contributed by atoms with E-state index in [1.165, 1.54) is 22.9 Å². The van der Waals surface area contributed by atoms with Gasteiger partial charge in [0, 0.05) is 31.1 Å². The van der Waals surface area contributed by atoms with Crippen LogP contribution >= 0.6 is 0 Å². The topological polar surface area (TPSA) is 149 Å². The number of nitrogens with one attached hydrogen (secondary N) is 2. The molecule has 0 saturated heterocycles. The van der Waals surface area contributed by atoms with Gasteiger partial charge in [0.05, 0.1) is 0 Å². The largest absolute Gasteiger partial charge is 0.370 e. The predicted molar refractivity (Wildman–Crippen MR) is 134 cm³/mol. The zero-order valence-electron chi connectivity index (χ0n) is 20.1. The molecule has 1 aromatic carbocycles. The third-order valence-electron chi connectivity index (χ3n) is 5.45. The molecule has 0 bridgehead atoms. The summed E-state index contributed by atoms with van der Waals surface area (Å²) in [6.07, 6.45) is 5.68. The molecule has 10 nitrogen and oxygen atoms in total. The molecular weight excluding hydrogens is 462 g/mol. The molecule has 0 radical (unpaired) electrons. The number of nitrogens with two attached hydrogens (primary N) is 1. The number of rotatable bonds is 11. The maximum Gasteiger partial charge on any atom is 0.278 e. The molecule has 0 aliphatic heterocycles. The quantitative estimate of drug-likeness (QED) is 0.351. The van der Waals surface area contributed by atoms with Crippen LogP contribution in [0.2, 0.25) is 0 Å². The Balaban J connectivity index is 1.92. The van der Waals surface area contributed by atoms with E-state index < -0.39 is 35.4 Å². The number of aryl methyl sites for hydroxylation is 1. The summed E-state index contributed by atoms with van der Waals surface area (Å²) in [5, 5.41) is 9.11. The molecule has 2 heterocycles. The maximum absolute atomic E-state index is 13.5. The summed E-state index contributed by atoms with van der Waals surface area (Å²) in [5.41, 5.74) is 5.59. The van der Waals surface area contributed by atoms with Crippen LogP contribution in [0.15, 0.2) is 76.2 Å². The van der Waals surface area contributed by atoms with E-state index in [2.05, 4.69) is 15.8 Å². The number of amides is 3. The Kier molecular flexibility index (Phi) is 8.93. The van der Waals surface area contributed by atoms with Crippen molar-refractivity contribution in [2.75, 3.05) is 5.32 Å². The zero-order chi connectivity index (χ0) is 26.1. The molecular formula is C26H29N5O5. The Morgan fingerprint density at radius 3 is 2.56 bits per heavy atom. The lowest BCUT2D eigenvalue weighted by Crippen LogP contribution is -2.43. The summed E-state index contributed by atoms with van der Waals surface area (Å²) in [6, 6.07) is 12.4. The molecule has 3 amide bonds. The van der Waals surface area contributed by atoms with E-state index in [4.69, 9.17) is 10.3 Å². The second-order valence-electron chi connectivity index (χ2n) is 8.26. The number of hydrogen-bond donors (Lipinski definition) is 3. The summed E-state index contributed by atoms with van der Waals surface area (Å²) >= 11 is 0. The summed E-state index contributed by atoms with van der Waals surface area (Å²) in [6.45, 7) is 3.45. The average molecular weight is 492 g/mol. The molecule has 3 aromatic rings. The third-order valence-corrected chi connectivity index (χ3v) is 5.45. The first-order valence-electron chi connectivity index (χ1n) is 11.5. The van der Waals surface area contributed by atoms with Crippen LogP contribution in [0, 0.1) is 6.92 Å². The van der Waals surface area contributed by atoms with Crippen molar-refractivity contribution in [1.29, 1.82) is 0 Å². The first-order valence-corrected chi connectivity index (χ1v) is 11.5. The summed E-state index contributed by atoms with van der Waals surface area (Å²) in [4.78, 5) is 50.6. The number of allylic oxidation sites excluding steroid dienone is 1. The van der Waals surface area contributed by atoms with Crippen LogP contribution in [0.25, 0.3) is 0 Å². The highest BCUT2D eigenvalue weighted by Gasteiger charge is 2.25. The highest BCUT2D eigenvalue weighted by Crippen LogP contribution is 2.16.